The molecule has 10 nitrogen and oxygen atoms in total. The second-order valence-corrected chi connectivity index (χ2v) is 6.51. The lowest BCUT2D eigenvalue weighted by atomic mass is 10.1. The third-order valence-corrected chi connectivity index (χ3v) is 4.37. The van der Waals surface area contributed by atoms with Crippen LogP contribution in [0.15, 0.2) is 42.6 Å². The summed E-state index contributed by atoms with van der Waals surface area (Å²) in [5, 5.41) is 38.1. The molecule has 0 aliphatic carbocycles. The summed E-state index contributed by atoms with van der Waals surface area (Å²) in [6.07, 6.45) is -9.07. The fourth-order valence-electron chi connectivity index (χ4n) is 2.87. The number of nitrogens with zero attached hydrogens (tertiary/aromatic N) is 5. The van der Waals surface area contributed by atoms with Gasteiger partial charge in [0.1, 0.15) is 11.6 Å². The molecule has 0 saturated carbocycles. The Bertz CT molecular complexity index is 1310. The normalized spacial score (nSPS) is 11.7. The Morgan fingerprint density at radius 1 is 0.941 bits per heavy atom. The monoisotopic (exact) mass is 486 g/mol. The Morgan fingerprint density at radius 3 is 1.97 bits per heavy atom. The van der Waals surface area contributed by atoms with Crippen LogP contribution in [0.3, 0.4) is 0 Å². The molecule has 34 heavy (non-hydrogen) atoms. The molecule has 2 aromatic carbocycles. The number of anilines is 2. The molecule has 0 radical (unpaired) electrons. The van der Waals surface area contributed by atoms with E-state index in [2.05, 4.69) is 10.4 Å². The van der Waals surface area contributed by atoms with E-state index in [1.165, 1.54) is 0 Å². The van der Waals surface area contributed by atoms with Crippen molar-refractivity contribution < 1.29 is 36.2 Å². The number of hydrogen-bond donors (Lipinski definition) is 1. The fourth-order valence-corrected chi connectivity index (χ4v) is 2.87. The zero-order valence-corrected chi connectivity index (χ0v) is 16.2. The lowest BCUT2D eigenvalue weighted by molar-refractivity contribution is -0.392. The van der Waals surface area contributed by atoms with Gasteiger partial charge in [-0.1, -0.05) is 6.07 Å². The zero-order valence-electron chi connectivity index (χ0n) is 16.2. The average Bonchev–Trinajstić information content (AvgIpc) is 3.14. The Kier molecular flexibility index (Phi) is 5.89. The van der Waals surface area contributed by atoms with Gasteiger partial charge in [0.2, 0.25) is 0 Å². The van der Waals surface area contributed by atoms with Crippen molar-refractivity contribution in [2.24, 2.45) is 0 Å². The van der Waals surface area contributed by atoms with Crippen molar-refractivity contribution in [3.8, 4) is 11.8 Å². The van der Waals surface area contributed by atoms with Crippen LogP contribution < -0.4 is 5.32 Å². The second-order valence-electron chi connectivity index (χ2n) is 6.51. The molecule has 3 aromatic rings. The molecule has 3 rings (SSSR count). The smallest absolute Gasteiger partial charge is 0.328 e. The summed E-state index contributed by atoms with van der Waals surface area (Å²) in [6.45, 7) is 0. The van der Waals surface area contributed by atoms with Crippen molar-refractivity contribution in [1.29, 1.82) is 5.26 Å². The Morgan fingerprint density at radius 2 is 1.50 bits per heavy atom. The number of nitriles is 1. The number of nitro groups is 2. The number of rotatable bonds is 5. The summed E-state index contributed by atoms with van der Waals surface area (Å²) in [5.74, 6) is -0.548. The third kappa shape index (κ3) is 4.57. The van der Waals surface area contributed by atoms with Gasteiger partial charge in [0.25, 0.3) is 11.4 Å². The molecular weight excluding hydrogens is 478 g/mol. The van der Waals surface area contributed by atoms with E-state index < -0.39 is 61.8 Å². The molecule has 1 heterocycles. The highest BCUT2D eigenvalue weighted by molar-refractivity contribution is 5.81. The largest absolute Gasteiger partial charge is 0.416 e. The molecule has 0 unspecified atom stereocenters. The zero-order chi connectivity index (χ0) is 25.4. The van der Waals surface area contributed by atoms with Gasteiger partial charge in [-0.25, -0.2) is 4.68 Å². The highest BCUT2D eigenvalue weighted by Crippen LogP contribution is 2.43. The number of alkyl halides is 6. The molecule has 16 heteroatoms. The first-order valence-electron chi connectivity index (χ1n) is 8.71. The van der Waals surface area contributed by atoms with Gasteiger partial charge in [0.15, 0.2) is 11.5 Å². The van der Waals surface area contributed by atoms with Crippen LogP contribution in [0, 0.1) is 31.6 Å². The van der Waals surface area contributed by atoms with E-state index >= 15 is 0 Å². The Balaban J connectivity index is 2.25. The van der Waals surface area contributed by atoms with Gasteiger partial charge in [-0.3, -0.25) is 20.2 Å². The van der Waals surface area contributed by atoms with Crippen LogP contribution in [0.25, 0.3) is 5.69 Å². The maximum Gasteiger partial charge on any atom is 0.416 e. The summed E-state index contributed by atoms with van der Waals surface area (Å²) in [4.78, 5) is 20.2. The van der Waals surface area contributed by atoms with E-state index in [1.54, 1.807) is 6.07 Å². The fraction of sp³-hybridized carbons (Fsp3) is 0.111. The maximum atomic E-state index is 13.1. The van der Waals surface area contributed by atoms with E-state index in [0.29, 0.717) is 10.7 Å². The van der Waals surface area contributed by atoms with Gasteiger partial charge in [0, 0.05) is 12.1 Å². The predicted octanol–water partition coefficient (Wildman–Crippen LogP) is 5.34. The number of aromatic nitrogens is 2. The maximum absolute atomic E-state index is 13.1. The molecular formula is C18H8F6N6O4. The molecule has 0 aliphatic heterocycles. The first kappa shape index (κ1) is 24.0. The van der Waals surface area contributed by atoms with Crippen LogP contribution in [-0.4, -0.2) is 19.6 Å². The van der Waals surface area contributed by atoms with Gasteiger partial charge in [-0.15, -0.1) is 0 Å². The van der Waals surface area contributed by atoms with Gasteiger partial charge in [-0.2, -0.15) is 36.7 Å². The molecule has 1 aromatic heterocycles. The number of benzene rings is 2. The van der Waals surface area contributed by atoms with Crippen LogP contribution in [0.5, 0.6) is 0 Å². The predicted molar refractivity (Wildman–Crippen MR) is 101 cm³/mol. The lowest BCUT2D eigenvalue weighted by Gasteiger charge is -2.14. The molecule has 1 N–H and O–H groups in total. The molecule has 0 atom stereocenters. The van der Waals surface area contributed by atoms with Gasteiger partial charge in [-0.05, 0) is 18.2 Å². The molecule has 0 amide bonds. The Hall–Kier alpha value is -4.68. The molecule has 0 spiro atoms. The molecule has 0 fully saturated rings. The van der Waals surface area contributed by atoms with Crippen LogP contribution in [0.1, 0.15) is 16.7 Å². The van der Waals surface area contributed by atoms with Crippen molar-refractivity contribution >= 4 is 22.9 Å². The highest BCUT2D eigenvalue weighted by atomic mass is 19.4. The van der Waals surface area contributed by atoms with Gasteiger partial charge < -0.3 is 5.32 Å². The number of nitro benzene ring substituents is 2. The van der Waals surface area contributed by atoms with E-state index in [4.69, 9.17) is 0 Å². The third-order valence-electron chi connectivity index (χ3n) is 4.37. The quantitative estimate of drug-likeness (QED) is 0.292. The molecule has 176 valence electrons. The number of halogens is 6. The molecule has 0 aliphatic rings. The Labute approximate surface area is 183 Å². The summed E-state index contributed by atoms with van der Waals surface area (Å²) in [6, 6.07) is 5.17. The van der Waals surface area contributed by atoms with E-state index in [1.807, 2.05) is 0 Å². The van der Waals surface area contributed by atoms with Crippen molar-refractivity contribution in [2.75, 3.05) is 5.32 Å². The number of nitrogens with one attached hydrogen (secondary N) is 1. The average molecular weight is 486 g/mol. The minimum absolute atomic E-state index is 0.0480. The lowest BCUT2D eigenvalue weighted by Crippen LogP contribution is -2.11. The highest BCUT2D eigenvalue weighted by Gasteiger charge is 2.38. The van der Waals surface area contributed by atoms with Crippen molar-refractivity contribution in [2.45, 2.75) is 12.4 Å². The van der Waals surface area contributed by atoms with Crippen molar-refractivity contribution in [1.82, 2.24) is 9.78 Å². The second kappa shape index (κ2) is 8.35. The van der Waals surface area contributed by atoms with E-state index in [-0.39, 0.29) is 17.8 Å². The summed E-state index contributed by atoms with van der Waals surface area (Å²) >= 11 is 0. The van der Waals surface area contributed by atoms with E-state index in [9.17, 15) is 51.8 Å². The van der Waals surface area contributed by atoms with Crippen LogP contribution in [-0.2, 0) is 12.4 Å². The SMILES string of the molecule is N#Cc1cnn(-c2cccc(C(F)(F)F)c2)c1Nc1c([N+](=O)[O-])cc(C(F)(F)F)cc1[N+](=O)[O-]. The van der Waals surface area contributed by atoms with E-state index in [0.717, 1.165) is 24.4 Å². The topological polar surface area (TPSA) is 140 Å². The van der Waals surface area contributed by atoms with Crippen LogP contribution in [0.4, 0.5) is 49.2 Å². The summed E-state index contributed by atoms with van der Waals surface area (Å²) in [5.41, 5.74) is -7.26. The van der Waals surface area contributed by atoms with Crippen LogP contribution >= 0.6 is 0 Å². The molecule has 0 saturated heterocycles. The van der Waals surface area contributed by atoms with Gasteiger partial charge in [0.05, 0.1) is 32.9 Å². The van der Waals surface area contributed by atoms with Crippen molar-refractivity contribution in [3.63, 3.8) is 0 Å². The standard InChI is InChI=1S/C18H8F6N6O4/c19-17(20,21)10-2-1-3-12(4-10)28-16(9(7-25)8-26-28)27-15-13(29(31)32)5-11(18(22,23)24)6-14(15)30(33)34/h1-6,8,27H. The summed E-state index contributed by atoms with van der Waals surface area (Å²) in [7, 11) is 0. The number of hydrogen-bond acceptors (Lipinski definition) is 7. The van der Waals surface area contributed by atoms with Gasteiger partial charge >= 0.3 is 12.4 Å². The summed E-state index contributed by atoms with van der Waals surface area (Å²) < 4.78 is 79.3. The first-order valence-corrected chi connectivity index (χ1v) is 8.71. The minimum Gasteiger partial charge on any atom is -0.328 e. The van der Waals surface area contributed by atoms with Crippen LogP contribution in [0.2, 0.25) is 0 Å². The van der Waals surface area contributed by atoms with Crippen molar-refractivity contribution in [3.05, 3.63) is 79.5 Å². The first-order chi connectivity index (χ1) is 15.7. The molecule has 0 bridgehead atoms. The minimum atomic E-state index is -5.16.